The minimum absolute atomic E-state index is 0.141. The molecule has 7 heteroatoms. The number of anilines is 1. The molecule has 0 spiro atoms. The van der Waals surface area contributed by atoms with Gasteiger partial charge in [-0.1, -0.05) is 19.3 Å². The molecule has 24 heavy (non-hydrogen) atoms. The molecule has 1 aromatic rings. The van der Waals surface area contributed by atoms with E-state index >= 15 is 0 Å². The van der Waals surface area contributed by atoms with E-state index in [4.69, 9.17) is 5.11 Å². The van der Waals surface area contributed by atoms with E-state index in [-0.39, 0.29) is 30.1 Å². The molecule has 1 aromatic carbocycles. The highest BCUT2D eigenvalue weighted by molar-refractivity contribution is 5.95. The number of amides is 3. The first-order valence-electron chi connectivity index (χ1n) is 8.14. The first kappa shape index (κ1) is 17.8. The number of nitrogens with one attached hydrogen (secondary N) is 3. The number of aryl methyl sites for hydroxylation is 1. The van der Waals surface area contributed by atoms with Crippen LogP contribution in [0.1, 0.15) is 48.0 Å². The predicted molar refractivity (Wildman–Crippen MR) is 90.2 cm³/mol. The first-order valence-corrected chi connectivity index (χ1v) is 8.14. The quantitative estimate of drug-likeness (QED) is 0.663. The second-order valence-electron chi connectivity index (χ2n) is 6.04. The molecule has 0 radical (unpaired) electrons. The molecule has 1 saturated carbocycles. The SMILES string of the molecule is Cc1cc(NC(=O)CNC(=O)NC2CCCCC2)ccc1C(=O)O. The van der Waals surface area contributed by atoms with E-state index < -0.39 is 5.97 Å². The Bertz CT molecular complexity index is 624. The van der Waals surface area contributed by atoms with Crippen LogP contribution < -0.4 is 16.0 Å². The van der Waals surface area contributed by atoms with E-state index in [1.54, 1.807) is 13.0 Å². The van der Waals surface area contributed by atoms with Crippen molar-refractivity contribution in [1.82, 2.24) is 10.6 Å². The van der Waals surface area contributed by atoms with Gasteiger partial charge in [0.2, 0.25) is 5.91 Å². The molecular weight excluding hydrogens is 310 g/mol. The van der Waals surface area contributed by atoms with Gasteiger partial charge in [-0.05, 0) is 43.5 Å². The van der Waals surface area contributed by atoms with Gasteiger partial charge in [0.1, 0.15) is 0 Å². The summed E-state index contributed by atoms with van der Waals surface area (Å²) in [6.07, 6.45) is 5.42. The predicted octanol–water partition coefficient (Wildman–Crippen LogP) is 2.26. The van der Waals surface area contributed by atoms with Crippen LogP contribution in [0.3, 0.4) is 0 Å². The summed E-state index contributed by atoms with van der Waals surface area (Å²) in [5.41, 5.74) is 1.25. The van der Waals surface area contributed by atoms with E-state index in [1.165, 1.54) is 18.6 Å². The lowest BCUT2D eigenvalue weighted by Gasteiger charge is -2.22. The largest absolute Gasteiger partial charge is 0.478 e. The van der Waals surface area contributed by atoms with Crippen LogP contribution in [-0.4, -0.2) is 35.6 Å². The second kappa shape index (κ2) is 8.33. The van der Waals surface area contributed by atoms with E-state index in [1.807, 2.05) is 0 Å². The molecule has 4 N–H and O–H groups in total. The van der Waals surface area contributed by atoms with Crippen LogP contribution in [0.15, 0.2) is 18.2 Å². The summed E-state index contributed by atoms with van der Waals surface area (Å²) >= 11 is 0. The zero-order chi connectivity index (χ0) is 17.5. The molecule has 1 aliphatic carbocycles. The highest BCUT2D eigenvalue weighted by atomic mass is 16.4. The maximum Gasteiger partial charge on any atom is 0.335 e. The number of rotatable bonds is 5. The number of hydrogen-bond acceptors (Lipinski definition) is 3. The molecule has 1 aliphatic rings. The van der Waals surface area contributed by atoms with E-state index in [0.717, 1.165) is 25.7 Å². The van der Waals surface area contributed by atoms with Crippen LogP contribution in [-0.2, 0) is 4.79 Å². The molecule has 0 saturated heterocycles. The topological polar surface area (TPSA) is 108 Å². The molecule has 0 aliphatic heterocycles. The van der Waals surface area contributed by atoms with Gasteiger partial charge in [-0.3, -0.25) is 4.79 Å². The Kier molecular flexibility index (Phi) is 6.17. The van der Waals surface area contributed by atoms with Crippen molar-refractivity contribution in [2.45, 2.75) is 45.1 Å². The summed E-state index contributed by atoms with van der Waals surface area (Å²) in [5, 5.41) is 17.0. The van der Waals surface area contributed by atoms with Crippen molar-refractivity contribution in [1.29, 1.82) is 0 Å². The standard InChI is InChI=1S/C17H23N3O4/c1-11-9-13(7-8-14(11)16(22)23)19-15(21)10-18-17(24)20-12-5-3-2-4-6-12/h7-9,12H,2-6,10H2,1H3,(H,19,21)(H,22,23)(H2,18,20,24). The number of hydrogen-bond donors (Lipinski definition) is 4. The molecule has 0 aromatic heterocycles. The molecule has 0 unspecified atom stereocenters. The summed E-state index contributed by atoms with van der Waals surface area (Å²) in [7, 11) is 0. The van der Waals surface area contributed by atoms with Crippen LogP contribution in [0.4, 0.5) is 10.5 Å². The Hall–Kier alpha value is -2.57. The third-order valence-corrected chi connectivity index (χ3v) is 4.09. The monoisotopic (exact) mass is 333 g/mol. The molecule has 2 rings (SSSR count). The van der Waals surface area contributed by atoms with Crippen molar-refractivity contribution < 1.29 is 19.5 Å². The average molecular weight is 333 g/mol. The van der Waals surface area contributed by atoms with Crippen LogP contribution in [0.2, 0.25) is 0 Å². The lowest BCUT2D eigenvalue weighted by Crippen LogP contribution is -2.45. The van der Waals surface area contributed by atoms with Crippen LogP contribution in [0.25, 0.3) is 0 Å². The summed E-state index contributed by atoms with van der Waals surface area (Å²) < 4.78 is 0. The summed E-state index contributed by atoms with van der Waals surface area (Å²) in [4.78, 5) is 34.6. The number of urea groups is 1. The Morgan fingerprint density at radius 2 is 1.88 bits per heavy atom. The number of carboxylic acids is 1. The fourth-order valence-electron chi connectivity index (χ4n) is 2.83. The molecule has 1 fully saturated rings. The van der Waals surface area contributed by atoms with Crippen molar-refractivity contribution >= 4 is 23.6 Å². The third-order valence-electron chi connectivity index (χ3n) is 4.09. The zero-order valence-corrected chi connectivity index (χ0v) is 13.7. The highest BCUT2D eigenvalue weighted by Crippen LogP contribution is 2.17. The average Bonchev–Trinajstić information content (AvgIpc) is 2.53. The maximum atomic E-state index is 11.9. The number of carboxylic acid groups (broad SMARTS) is 1. The van der Waals surface area contributed by atoms with Crippen molar-refractivity contribution in [2.75, 3.05) is 11.9 Å². The fraction of sp³-hybridized carbons (Fsp3) is 0.471. The molecule has 0 heterocycles. The molecule has 0 atom stereocenters. The molecule has 3 amide bonds. The van der Waals surface area contributed by atoms with Crippen molar-refractivity contribution in [2.24, 2.45) is 0 Å². The smallest absolute Gasteiger partial charge is 0.335 e. The minimum Gasteiger partial charge on any atom is -0.478 e. The van der Waals surface area contributed by atoms with Gasteiger partial charge >= 0.3 is 12.0 Å². The van der Waals surface area contributed by atoms with Crippen molar-refractivity contribution in [3.8, 4) is 0 Å². The molecule has 0 bridgehead atoms. The Labute approximate surface area is 140 Å². The second-order valence-corrected chi connectivity index (χ2v) is 6.04. The molecule has 130 valence electrons. The molecule has 7 nitrogen and oxygen atoms in total. The number of benzene rings is 1. The van der Waals surface area contributed by atoms with E-state index in [2.05, 4.69) is 16.0 Å². The van der Waals surface area contributed by atoms with Crippen molar-refractivity contribution in [3.63, 3.8) is 0 Å². The lowest BCUT2D eigenvalue weighted by atomic mass is 9.96. The summed E-state index contributed by atoms with van der Waals surface area (Å²) in [6.45, 7) is 1.52. The van der Waals surface area contributed by atoms with Gasteiger partial charge in [-0.15, -0.1) is 0 Å². The van der Waals surface area contributed by atoms with E-state index in [9.17, 15) is 14.4 Å². The molecular formula is C17H23N3O4. The third kappa shape index (κ3) is 5.26. The summed E-state index contributed by atoms with van der Waals surface area (Å²) in [5.74, 6) is -1.37. The number of carbonyl (C=O) groups is 3. The first-order chi connectivity index (χ1) is 11.5. The van der Waals surface area contributed by atoms with Gasteiger partial charge in [0, 0.05) is 11.7 Å². The number of aromatic carboxylic acids is 1. The van der Waals surface area contributed by atoms with Gasteiger partial charge < -0.3 is 21.1 Å². The lowest BCUT2D eigenvalue weighted by molar-refractivity contribution is -0.115. The normalized spacial score (nSPS) is 14.7. The Morgan fingerprint density at radius 3 is 2.50 bits per heavy atom. The van der Waals surface area contributed by atoms with Gasteiger partial charge in [0.25, 0.3) is 0 Å². The van der Waals surface area contributed by atoms with E-state index in [0.29, 0.717) is 11.3 Å². The highest BCUT2D eigenvalue weighted by Gasteiger charge is 2.16. The Balaban J connectivity index is 1.77. The van der Waals surface area contributed by atoms with Crippen LogP contribution in [0, 0.1) is 6.92 Å². The zero-order valence-electron chi connectivity index (χ0n) is 13.7. The summed E-state index contributed by atoms with van der Waals surface area (Å²) in [6, 6.07) is 4.40. The van der Waals surface area contributed by atoms with Gasteiger partial charge in [-0.2, -0.15) is 0 Å². The van der Waals surface area contributed by atoms with Gasteiger partial charge in [0.05, 0.1) is 12.1 Å². The van der Waals surface area contributed by atoms with Gasteiger partial charge in [-0.25, -0.2) is 9.59 Å². The number of carbonyl (C=O) groups excluding carboxylic acids is 2. The minimum atomic E-state index is -1.01. The maximum absolute atomic E-state index is 11.9. The fourth-order valence-corrected chi connectivity index (χ4v) is 2.83. The Morgan fingerprint density at radius 1 is 1.17 bits per heavy atom. The van der Waals surface area contributed by atoms with Crippen molar-refractivity contribution in [3.05, 3.63) is 29.3 Å². The van der Waals surface area contributed by atoms with Crippen LogP contribution in [0.5, 0.6) is 0 Å². The van der Waals surface area contributed by atoms with Gasteiger partial charge in [0.15, 0.2) is 0 Å². The van der Waals surface area contributed by atoms with Crippen LogP contribution >= 0.6 is 0 Å².